The van der Waals surface area contributed by atoms with E-state index in [1.54, 1.807) is 12.1 Å². The number of carboxylic acid groups (broad SMARTS) is 1. The molecule has 0 saturated heterocycles. The van der Waals surface area contributed by atoms with E-state index in [4.69, 9.17) is 33.0 Å². The number of halogens is 2. The highest BCUT2D eigenvalue weighted by Crippen LogP contribution is 2.38. The Morgan fingerprint density at radius 1 is 1.11 bits per heavy atom. The molecule has 0 spiro atoms. The SMILES string of the molecule is CC.CNS(=O)(=O)c1ccc(-c2cc(Cl)ccc2O[C@@H](C)C(=O)O)c(Cl)c1. The zero-order valence-corrected chi connectivity index (χ0v) is 17.6. The Morgan fingerprint density at radius 2 is 1.74 bits per heavy atom. The van der Waals surface area contributed by atoms with Crippen LogP contribution >= 0.6 is 23.2 Å². The van der Waals surface area contributed by atoms with Crippen molar-refractivity contribution in [1.82, 2.24) is 4.72 Å². The van der Waals surface area contributed by atoms with Gasteiger partial charge >= 0.3 is 5.97 Å². The van der Waals surface area contributed by atoms with Gasteiger partial charge in [0.1, 0.15) is 5.75 Å². The van der Waals surface area contributed by atoms with Crippen molar-refractivity contribution in [3.63, 3.8) is 0 Å². The fraction of sp³-hybridized carbons (Fsp3) is 0.278. The van der Waals surface area contributed by atoms with Crippen LogP contribution in [-0.2, 0) is 14.8 Å². The molecule has 2 aromatic rings. The minimum atomic E-state index is -3.64. The highest BCUT2D eigenvalue weighted by Gasteiger charge is 2.19. The third kappa shape index (κ3) is 5.84. The zero-order valence-electron chi connectivity index (χ0n) is 15.3. The van der Waals surface area contributed by atoms with Crippen LogP contribution in [-0.4, -0.2) is 32.6 Å². The molecule has 0 aliphatic rings. The van der Waals surface area contributed by atoms with Gasteiger partial charge in [0.15, 0.2) is 6.10 Å². The second-order valence-corrected chi connectivity index (χ2v) is 7.82. The predicted molar refractivity (Wildman–Crippen MR) is 107 cm³/mol. The lowest BCUT2D eigenvalue weighted by atomic mass is 10.0. The normalized spacial score (nSPS) is 11.9. The summed E-state index contributed by atoms with van der Waals surface area (Å²) in [5, 5.41) is 9.57. The van der Waals surface area contributed by atoms with E-state index in [0.717, 1.165) is 0 Å². The molecule has 6 nitrogen and oxygen atoms in total. The maximum Gasteiger partial charge on any atom is 0.344 e. The van der Waals surface area contributed by atoms with Gasteiger partial charge in [0.25, 0.3) is 0 Å². The van der Waals surface area contributed by atoms with Gasteiger partial charge in [0.05, 0.1) is 4.90 Å². The second-order valence-electron chi connectivity index (χ2n) is 5.09. The Bertz CT molecular complexity index is 916. The van der Waals surface area contributed by atoms with Gasteiger partial charge in [0.2, 0.25) is 10.0 Å². The van der Waals surface area contributed by atoms with Crippen molar-refractivity contribution < 1.29 is 23.1 Å². The van der Waals surface area contributed by atoms with Gasteiger partial charge in [-0.2, -0.15) is 0 Å². The molecule has 0 saturated carbocycles. The van der Waals surface area contributed by atoms with E-state index >= 15 is 0 Å². The van der Waals surface area contributed by atoms with Gasteiger partial charge in [-0.1, -0.05) is 43.1 Å². The van der Waals surface area contributed by atoms with Crippen molar-refractivity contribution in [3.8, 4) is 16.9 Å². The Kier molecular flexibility index (Phi) is 8.56. The van der Waals surface area contributed by atoms with E-state index in [1.165, 1.54) is 38.2 Å². The maximum absolute atomic E-state index is 11.9. The highest BCUT2D eigenvalue weighted by atomic mass is 35.5. The number of rotatable bonds is 6. The number of carbonyl (C=O) groups is 1. The quantitative estimate of drug-likeness (QED) is 0.701. The first-order chi connectivity index (χ1) is 12.7. The highest BCUT2D eigenvalue weighted by molar-refractivity contribution is 7.89. The smallest absolute Gasteiger partial charge is 0.344 e. The number of nitrogens with one attached hydrogen (secondary N) is 1. The average Bonchev–Trinajstić information content (AvgIpc) is 2.64. The van der Waals surface area contributed by atoms with Crippen molar-refractivity contribution in [2.24, 2.45) is 0 Å². The van der Waals surface area contributed by atoms with Gasteiger partial charge in [-0.3, -0.25) is 0 Å². The summed E-state index contributed by atoms with van der Waals surface area (Å²) in [4.78, 5) is 11.0. The van der Waals surface area contributed by atoms with Crippen LogP contribution < -0.4 is 9.46 Å². The fourth-order valence-electron chi connectivity index (χ4n) is 2.06. The number of aliphatic carboxylic acids is 1. The average molecular weight is 434 g/mol. The number of carboxylic acids is 1. The molecule has 0 bridgehead atoms. The van der Waals surface area contributed by atoms with E-state index in [9.17, 15) is 13.2 Å². The van der Waals surface area contributed by atoms with Crippen molar-refractivity contribution in [3.05, 3.63) is 46.4 Å². The summed E-state index contributed by atoms with van der Waals surface area (Å²) >= 11 is 12.3. The summed E-state index contributed by atoms with van der Waals surface area (Å²) in [6, 6.07) is 8.86. The van der Waals surface area contributed by atoms with Crippen LogP contribution in [0.1, 0.15) is 20.8 Å². The van der Waals surface area contributed by atoms with Gasteiger partial charge in [-0.25, -0.2) is 17.9 Å². The zero-order chi connectivity index (χ0) is 20.8. The van der Waals surface area contributed by atoms with E-state index in [1.807, 2.05) is 13.8 Å². The molecule has 0 heterocycles. The molecular weight excluding hydrogens is 413 g/mol. The molecule has 0 aliphatic heterocycles. The molecule has 0 aliphatic carbocycles. The first-order valence-corrected chi connectivity index (χ1v) is 10.3. The summed E-state index contributed by atoms with van der Waals surface area (Å²) in [7, 11) is -2.34. The van der Waals surface area contributed by atoms with Crippen LogP contribution in [0.3, 0.4) is 0 Å². The first-order valence-electron chi connectivity index (χ1n) is 8.08. The van der Waals surface area contributed by atoms with Crippen LogP contribution in [0.25, 0.3) is 11.1 Å². The molecule has 27 heavy (non-hydrogen) atoms. The van der Waals surface area contributed by atoms with Crippen molar-refractivity contribution in [2.45, 2.75) is 31.8 Å². The summed E-state index contributed by atoms with van der Waals surface area (Å²) in [5.41, 5.74) is 0.922. The number of ether oxygens (including phenoxy) is 1. The number of hydrogen-bond acceptors (Lipinski definition) is 4. The molecule has 148 valence electrons. The Morgan fingerprint density at radius 3 is 2.26 bits per heavy atom. The summed E-state index contributed by atoms with van der Waals surface area (Å²) in [6.07, 6.45) is -1.08. The maximum atomic E-state index is 11.9. The standard InChI is InChI=1S/C16H15Cl2NO5S.C2H6/c1-9(16(20)21)24-15-6-3-10(17)7-13(15)12-5-4-11(8-14(12)18)25(22,23)19-2;1-2/h3-9,19H,1-2H3,(H,20,21);1-2H3/t9-;/m0./s1. The van der Waals surface area contributed by atoms with Gasteiger partial charge in [-0.15, -0.1) is 0 Å². The molecule has 9 heteroatoms. The van der Waals surface area contributed by atoms with E-state index in [-0.39, 0.29) is 15.7 Å². The molecule has 0 aromatic heterocycles. The lowest BCUT2D eigenvalue weighted by Gasteiger charge is -2.16. The topological polar surface area (TPSA) is 92.7 Å². The molecular formula is C18H21Cl2NO5S. The molecule has 2 N–H and O–H groups in total. The van der Waals surface area contributed by atoms with Crippen molar-refractivity contribution in [2.75, 3.05) is 7.05 Å². The van der Waals surface area contributed by atoms with Gasteiger partial charge < -0.3 is 9.84 Å². The van der Waals surface area contributed by atoms with Crippen LogP contribution in [0.2, 0.25) is 10.0 Å². The third-order valence-electron chi connectivity index (χ3n) is 3.40. The van der Waals surface area contributed by atoms with Crippen LogP contribution in [0.4, 0.5) is 0 Å². The lowest BCUT2D eigenvalue weighted by molar-refractivity contribution is -0.144. The first kappa shape index (κ1) is 23.2. The van der Waals surface area contributed by atoms with Gasteiger partial charge in [-0.05, 0) is 44.3 Å². The molecule has 0 radical (unpaired) electrons. The molecule has 1 atom stereocenters. The number of sulfonamides is 1. The molecule has 0 unspecified atom stereocenters. The molecule has 2 aromatic carbocycles. The lowest BCUT2D eigenvalue weighted by Crippen LogP contribution is -2.23. The molecule has 0 amide bonds. The summed E-state index contributed by atoms with van der Waals surface area (Å²) in [5.74, 6) is -0.854. The monoisotopic (exact) mass is 433 g/mol. The van der Waals surface area contributed by atoms with Crippen molar-refractivity contribution in [1.29, 1.82) is 0 Å². The molecule has 2 rings (SSSR count). The Hall–Kier alpha value is -1.80. The summed E-state index contributed by atoms with van der Waals surface area (Å²) < 4.78 is 31.4. The minimum Gasteiger partial charge on any atom is -0.479 e. The molecule has 0 fully saturated rings. The van der Waals surface area contributed by atoms with Gasteiger partial charge in [0, 0.05) is 21.2 Å². The largest absolute Gasteiger partial charge is 0.479 e. The van der Waals surface area contributed by atoms with E-state index in [0.29, 0.717) is 16.1 Å². The van der Waals surface area contributed by atoms with Crippen LogP contribution in [0, 0.1) is 0 Å². The third-order valence-corrected chi connectivity index (χ3v) is 5.36. The van der Waals surface area contributed by atoms with E-state index < -0.39 is 22.1 Å². The fourth-order valence-corrected chi connectivity index (χ4v) is 3.33. The number of hydrogen-bond donors (Lipinski definition) is 2. The van der Waals surface area contributed by atoms with Crippen molar-refractivity contribution >= 4 is 39.2 Å². The Balaban J connectivity index is 0.00000176. The minimum absolute atomic E-state index is 0.00662. The Labute approximate surface area is 169 Å². The predicted octanol–water partition coefficient (Wildman–Crippen LogP) is 4.45. The summed E-state index contributed by atoms with van der Waals surface area (Å²) in [6.45, 7) is 5.39. The van der Waals surface area contributed by atoms with E-state index in [2.05, 4.69) is 4.72 Å². The van der Waals surface area contributed by atoms with Crippen LogP contribution in [0.15, 0.2) is 41.3 Å². The van der Waals surface area contributed by atoms with Crippen LogP contribution in [0.5, 0.6) is 5.75 Å². The second kappa shape index (κ2) is 9.94. The number of benzene rings is 2.